The molecule has 0 rings (SSSR count). The third-order valence-corrected chi connectivity index (χ3v) is 1.99. The fraction of sp³-hybridized carbons (Fsp3) is 0.833. The largest absolute Gasteiger partial charge is 0.449 e. The van der Waals surface area contributed by atoms with E-state index in [1.807, 2.05) is 14.0 Å². The van der Waals surface area contributed by atoms with E-state index in [4.69, 9.17) is 23.0 Å². The third kappa shape index (κ3) is 4.34. The fourth-order valence-corrected chi connectivity index (χ4v) is 0.908. The van der Waals surface area contributed by atoms with Gasteiger partial charge in [0.05, 0.1) is 11.0 Å². The van der Waals surface area contributed by atoms with Crippen molar-refractivity contribution in [2.75, 3.05) is 13.5 Å². The second-order valence-corrected chi connectivity index (χ2v) is 3.27. The molecule has 0 heterocycles. The molecule has 5 heteroatoms. The molecule has 0 unspecified atom stereocenters. The summed E-state index contributed by atoms with van der Waals surface area (Å²) < 4.78 is 0. The van der Waals surface area contributed by atoms with Crippen molar-refractivity contribution < 1.29 is 5.02 Å². The van der Waals surface area contributed by atoms with Crippen LogP contribution in [0.4, 0.5) is 0 Å². The smallest absolute Gasteiger partial charge is 0.305 e. The minimum Gasteiger partial charge on any atom is -0.449 e. The summed E-state index contributed by atoms with van der Waals surface area (Å²) in [6.45, 7) is 3.19. The van der Waals surface area contributed by atoms with Crippen LogP contribution in [0.3, 0.4) is 0 Å². The maximum absolute atomic E-state index is 9.01. The van der Waals surface area contributed by atoms with Gasteiger partial charge in [-0.2, -0.15) is 0 Å². The van der Waals surface area contributed by atoms with Gasteiger partial charge < -0.3 is 15.7 Å². The monoisotopic (exact) mass is 174 g/mol. The Hall–Kier alpha value is -0.125. The van der Waals surface area contributed by atoms with Gasteiger partial charge >= 0.3 is 6.92 Å². The van der Waals surface area contributed by atoms with E-state index in [2.05, 4.69) is 0 Å². The first-order chi connectivity index (χ1) is 4.95. The molecule has 64 valence electrons. The van der Waals surface area contributed by atoms with Gasteiger partial charge in [0.15, 0.2) is 0 Å². The van der Waals surface area contributed by atoms with Gasteiger partial charge in [0.1, 0.15) is 0 Å². The van der Waals surface area contributed by atoms with E-state index in [-0.39, 0.29) is 13.0 Å². The quantitative estimate of drug-likeness (QED) is 0.457. The zero-order valence-electron chi connectivity index (χ0n) is 7.24. The Bertz CT molecular complexity index is 141. The summed E-state index contributed by atoms with van der Waals surface area (Å²) >= 11 is 5.01. The van der Waals surface area contributed by atoms with Gasteiger partial charge in [-0.3, -0.25) is 0 Å². The second-order valence-electron chi connectivity index (χ2n) is 2.86. The van der Waals surface area contributed by atoms with Crippen LogP contribution in [0.1, 0.15) is 6.92 Å². The Morgan fingerprint density at radius 2 is 2.27 bits per heavy atom. The fourth-order valence-electron chi connectivity index (χ4n) is 0.834. The maximum Gasteiger partial charge on any atom is 0.305 e. The van der Waals surface area contributed by atoms with Gasteiger partial charge in [0.2, 0.25) is 0 Å². The zero-order valence-corrected chi connectivity index (χ0v) is 8.06. The highest BCUT2D eigenvalue weighted by atomic mass is 32.1. The summed E-state index contributed by atoms with van der Waals surface area (Å²) in [7, 11) is 1.83. The molecule has 3 nitrogen and oxygen atoms in total. The molecule has 0 spiro atoms. The average molecular weight is 174 g/mol. The lowest BCUT2D eigenvalue weighted by Gasteiger charge is -2.22. The summed E-state index contributed by atoms with van der Waals surface area (Å²) in [5.41, 5.74) is 5.55. The highest BCUT2D eigenvalue weighted by Crippen LogP contribution is 1.93. The molecule has 0 radical (unpaired) electrons. The van der Waals surface area contributed by atoms with Crippen molar-refractivity contribution in [3.63, 3.8) is 0 Å². The number of nitrogens with two attached hydrogens (primary N) is 1. The van der Waals surface area contributed by atoms with Crippen LogP contribution in [0.25, 0.3) is 0 Å². The van der Waals surface area contributed by atoms with E-state index >= 15 is 0 Å². The van der Waals surface area contributed by atoms with Crippen molar-refractivity contribution in [2.24, 2.45) is 5.73 Å². The Balaban J connectivity index is 3.83. The van der Waals surface area contributed by atoms with Crippen LogP contribution < -0.4 is 5.73 Å². The molecule has 0 aromatic rings. The maximum atomic E-state index is 9.01. The van der Waals surface area contributed by atoms with Crippen LogP contribution in [0.2, 0.25) is 6.82 Å². The lowest BCUT2D eigenvalue weighted by molar-refractivity contribution is 0.506. The molecule has 0 aromatic carbocycles. The van der Waals surface area contributed by atoms with Gasteiger partial charge in [-0.1, -0.05) is 19.0 Å². The molecule has 0 aliphatic rings. The van der Waals surface area contributed by atoms with E-state index in [1.165, 1.54) is 0 Å². The Kier molecular flexibility index (Phi) is 4.64. The van der Waals surface area contributed by atoms with Crippen LogP contribution in [0, 0.1) is 0 Å². The standard InChI is InChI=1S/C6H15BN2OS/c1-5(8)6(11)9(3)4-7(2)10/h5,10H,4,8H2,1-3H3/t5-/m0/s1. The molecule has 0 amide bonds. The average Bonchev–Trinajstić information content (AvgIpc) is 1.84. The minimum atomic E-state index is -0.364. The van der Waals surface area contributed by atoms with Crippen LogP contribution in [-0.2, 0) is 0 Å². The summed E-state index contributed by atoms with van der Waals surface area (Å²) in [6.07, 6.45) is 0.542. The van der Waals surface area contributed by atoms with Crippen LogP contribution in [0.15, 0.2) is 0 Å². The van der Waals surface area contributed by atoms with Gasteiger partial charge in [0.25, 0.3) is 0 Å². The molecule has 0 fully saturated rings. The van der Waals surface area contributed by atoms with Gasteiger partial charge in [-0.05, 0) is 6.92 Å². The molecule has 0 aromatic heterocycles. The predicted octanol–water partition coefficient (Wildman–Crippen LogP) is -0.254. The van der Waals surface area contributed by atoms with Crippen molar-refractivity contribution in [3.05, 3.63) is 0 Å². The molecular formula is C6H15BN2OS. The lowest BCUT2D eigenvalue weighted by atomic mass is 9.72. The molecule has 0 saturated carbocycles. The number of nitrogens with zero attached hydrogens (tertiary/aromatic N) is 1. The minimum absolute atomic E-state index is 0.117. The lowest BCUT2D eigenvalue weighted by Crippen LogP contribution is -2.42. The SMILES string of the molecule is CB(O)CN(C)C(=S)[C@H](C)N. The Morgan fingerprint density at radius 1 is 1.82 bits per heavy atom. The van der Waals surface area contributed by atoms with Crippen molar-refractivity contribution in [2.45, 2.75) is 19.8 Å². The molecule has 0 saturated heterocycles. The molecule has 1 atom stereocenters. The normalized spacial score (nSPS) is 12.5. The molecule has 0 bridgehead atoms. The highest BCUT2D eigenvalue weighted by molar-refractivity contribution is 7.80. The Morgan fingerprint density at radius 3 is 2.55 bits per heavy atom. The molecule has 3 N–H and O–H groups in total. The number of rotatable bonds is 3. The highest BCUT2D eigenvalue weighted by Gasteiger charge is 2.12. The molecular weight excluding hydrogens is 159 g/mol. The van der Waals surface area contributed by atoms with Crippen molar-refractivity contribution >= 4 is 24.1 Å². The van der Waals surface area contributed by atoms with Crippen molar-refractivity contribution in [3.8, 4) is 0 Å². The predicted molar refractivity (Wildman–Crippen MR) is 52.7 cm³/mol. The first-order valence-corrected chi connectivity index (χ1v) is 4.04. The number of thiocarbonyl (C=S) groups is 1. The van der Waals surface area contributed by atoms with E-state index in [0.29, 0.717) is 11.4 Å². The summed E-state index contributed by atoms with van der Waals surface area (Å²) in [5.74, 6) is 0. The Labute approximate surface area is 73.7 Å². The molecule has 0 aliphatic heterocycles. The van der Waals surface area contributed by atoms with E-state index < -0.39 is 0 Å². The topological polar surface area (TPSA) is 49.5 Å². The molecule has 11 heavy (non-hydrogen) atoms. The van der Waals surface area contributed by atoms with E-state index in [9.17, 15) is 0 Å². The number of likely N-dealkylation sites (N-methyl/N-ethyl adjacent to an activating group) is 1. The van der Waals surface area contributed by atoms with Crippen LogP contribution >= 0.6 is 12.2 Å². The first kappa shape index (κ1) is 10.9. The summed E-state index contributed by atoms with van der Waals surface area (Å²) in [4.78, 5) is 2.48. The van der Waals surface area contributed by atoms with Crippen LogP contribution in [0.5, 0.6) is 0 Å². The molecule has 0 aliphatic carbocycles. The zero-order chi connectivity index (χ0) is 9.02. The number of hydrogen-bond donors (Lipinski definition) is 2. The van der Waals surface area contributed by atoms with Gasteiger partial charge in [-0.15, -0.1) is 0 Å². The van der Waals surface area contributed by atoms with Crippen LogP contribution in [-0.4, -0.2) is 41.4 Å². The second kappa shape index (κ2) is 4.69. The third-order valence-electron chi connectivity index (χ3n) is 1.30. The van der Waals surface area contributed by atoms with Crippen molar-refractivity contribution in [1.29, 1.82) is 0 Å². The van der Waals surface area contributed by atoms with E-state index in [0.717, 1.165) is 0 Å². The van der Waals surface area contributed by atoms with Gasteiger partial charge in [0, 0.05) is 13.5 Å². The summed E-state index contributed by atoms with van der Waals surface area (Å²) in [6, 6.07) is -0.117. The van der Waals surface area contributed by atoms with E-state index in [1.54, 1.807) is 11.7 Å². The van der Waals surface area contributed by atoms with Gasteiger partial charge in [-0.25, -0.2) is 0 Å². The first-order valence-electron chi connectivity index (χ1n) is 3.63. The van der Waals surface area contributed by atoms with Crippen molar-refractivity contribution in [1.82, 2.24) is 4.90 Å². The summed E-state index contributed by atoms with van der Waals surface area (Å²) in [5, 5.41) is 9.01. The number of hydrogen-bond acceptors (Lipinski definition) is 3.